The minimum Gasteiger partial charge on any atom is -0.305 e. The van der Waals surface area contributed by atoms with Crippen LogP contribution in [-0.2, 0) is 10.8 Å². The minimum atomic E-state index is -0.547. The Labute approximate surface area is 466 Å². The van der Waals surface area contributed by atoms with Gasteiger partial charge in [0, 0.05) is 38.6 Å². The number of fused-ring (bicyclic) bond motifs is 16. The minimum absolute atomic E-state index is 0.515. The van der Waals surface area contributed by atoms with Crippen LogP contribution in [0.2, 0.25) is 0 Å². The quantitative estimate of drug-likeness (QED) is 0.172. The zero-order chi connectivity index (χ0) is 52.3. The number of benzene rings is 9. The molecule has 380 valence electrons. The smallest absolute Gasteiger partial charge is 0.0729 e. The second-order valence-electron chi connectivity index (χ2n) is 24.3. The molecule has 6 aliphatic carbocycles. The third kappa shape index (κ3) is 6.05. The van der Waals surface area contributed by atoms with E-state index in [9.17, 15) is 0 Å². The van der Waals surface area contributed by atoms with Gasteiger partial charge in [-0.3, -0.25) is 9.97 Å². The topological polar surface area (TPSA) is 30.2 Å². The maximum Gasteiger partial charge on any atom is 0.0729 e. The monoisotopic (exact) mass is 1020 g/mol. The van der Waals surface area contributed by atoms with Gasteiger partial charge in [0.15, 0.2) is 0 Å². The fourth-order valence-corrected chi connectivity index (χ4v) is 17.5. The first-order valence-electron chi connectivity index (χ1n) is 29.3. The van der Waals surface area contributed by atoms with Crippen LogP contribution in [0.1, 0.15) is 102 Å². The normalized spacial score (nSPS) is 19.9. The third-order valence-corrected chi connectivity index (χ3v) is 20.5. The lowest BCUT2D eigenvalue weighted by molar-refractivity contribution is 0.165. The maximum atomic E-state index is 6.03. The summed E-state index contributed by atoms with van der Waals surface area (Å²) in [4.78, 5) is 11.7. The van der Waals surface area contributed by atoms with Crippen molar-refractivity contribution in [2.24, 2.45) is 11.8 Å². The Morgan fingerprint density at radius 2 is 0.787 bits per heavy atom. The van der Waals surface area contributed by atoms with Crippen LogP contribution >= 0.6 is 0 Å². The molecule has 4 aromatic heterocycles. The molecule has 2 fully saturated rings. The van der Waals surface area contributed by atoms with Crippen molar-refractivity contribution in [1.29, 1.82) is 0 Å². The van der Waals surface area contributed by atoms with Crippen LogP contribution in [0.15, 0.2) is 237 Å². The van der Waals surface area contributed by atoms with E-state index >= 15 is 0 Å². The first-order chi connectivity index (χ1) is 39.6. The highest BCUT2D eigenvalue weighted by atomic mass is 15.0. The molecule has 0 saturated heterocycles. The fraction of sp³-hybridized carbons (Fsp3) is 0.169. The number of hydrogen-bond donors (Lipinski definition) is 0. The van der Waals surface area contributed by atoms with Crippen LogP contribution in [0.5, 0.6) is 0 Å². The van der Waals surface area contributed by atoms with E-state index in [-0.39, 0.29) is 0 Å². The Kier molecular flexibility index (Phi) is 9.45. The van der Waals surface area contributed by atoms with Gasteiger partial charge in [-0.05, 0) is 170 Å². The summed E-state index contributed by atoms with van der Waals surface area (Å²) in [5.41, 5.74) is 25.7. The lowest BCUT2D eigenvalue weighted by Crippen LogP contribution is -2.44. The molecular weight excluding hydrogens is 967 g/mol. The second kappa shape index (κ2) is 16.8. The van der Waals surface area contributed by atoms with Crippen LogP contribution < -0.4 is 0 Å². The largest absolute Gasteiger partial charge is 0.305 e. The molecular formula is C77H57N3. The Morgan fingerprint density at radius 3 is 1.32 bits per heavy atom. The molecule has 2 saturated carbocycles. The Morgan fingerprint density at radius 1 is 0.362 bits per heavy atom. The van der Waals surface area contributed by atoms with Gasteiger partial charge in [0.05, 0.1) is 40.1 Å². The van der Waals surface area contributed by atoms with Crippen LogP contribution in [-0.4, -0.2) is 14.4 Å². The number of rotatable bonds is 5. The Bertz CT molecular complexity index is 4550. The van der Waals surface area contributed by atoms with Gasteiger partial charge in [-0.2, -0.15) is 0 Å². The van der Waals surface area contributed by atoms with E-state index in [1.807, 2.05) is 0 Å². The van der Waals surface area contributed by atoms with Crippen LogP contribution in [0, 0.1) is 11.8 Å². The van der Waals surface area contributed by atoms with Gasteiger partial charge in [0.25, 0.3) is 0 Å². The first kappa shape index (κ1) is 45.0. The van der Waals surface area contributed by atoms with E-state index in [1.54, 1.807) is 5.56 Å². The van der Waals surface area contributed by atoms with Gasteiger partial charge >= 0.3 is 0 Å². The predicted molar refractivity (Wildman–Crippen MR) is 328 cm³/mol. The van der Waals surface area contributed by atoms with Gasteiger partial charge in [0.2, 0.25) is 0 Å². The number of nitrogens with zero attached hydrogens (tertiary/aromatic N) is 3. The average molecular weight is 1020 g/mol. The van der Waals surface area contributed by atoms with E-state index in [2.05, 4.69) is 241 Å². The van der Waals surface area contributed by atoms with E-state index in [4.69, 9.17) is 9.97 Å². The number of pyridine rings is 2. The maximum absolute atomic E-state index is 6.03. The molecule has 0 aliphatic heterocycles. The van der Waals surface area contributed by atoms with Crippen LogP contribution in [0.25, 0.3) is 93.7 Å². The molecule has 6 aliphatic rings. The molecule has 2 unspecified atom stereocenters. The number of hydrogen-bond acceptors (Lipinski definition) is 2. The summed E-state index contributed by atoms with van der Waals surface area (Å²) in [5, 5.41) is 5.36. The van der Waals surface area contributed by atoms with Gasteiger partial charge in [-0.1, -0.05) is 206 Å². The molecule has 4 heterocycles. The van der Waals surface area contributed by atoms with Crippen molar-refractivity contribution in [3.63, 3.8) is 0 Å². The Hall–Kier alpha value is -8.92. The summed E-state index contributed by atoms with van der Waals surface area (Å²) >= 11 is 0. The van der Waals surface area contributed by atoms with Crippen LogP contribution in [0.3, 0.4) is 0 Å². The third-order valence-electron chi connectivity index (χ3n) is 20.5. The average Bonchev–Trinajstić information content (AvgIpc) is 4.19. The standard InChI is InChI=1S/C77H57N3/c1-5-19-53(20-6-1)76(54-21-7-2-8-22-54)35-36-77(55-23-9-3-10-24-55,56-25-11-4-12-26-56)75-72(76)71-66-44-50(49-33-34-63-61-31-16-15-29-59(61)57-27-13-14-28-58(57)60-30-17-18-32-62(60)64(63)42-49)43-65-70-67(80(74(65)66)68(71)46-79-75)45-78-73-52-40-47-37-48(41-52)39-51(38-47)69(70)73/h1-34,42-48,51-52H,35-41H2. The van der Waals surface area contributed by atoms with Gasteiger partial charge in [0.1, 0.15) is 0 Å². The summed E-state index contributed by atoms with van der Waals surface area (Å²) < 4.78 is 2.63. The van der Waals surface area contributed by atoms with Crippen molar-refractivity contribution in [2.75, 3.05) is 0 Å². The highest BCUT2D eigenvalue weighted by molar-refractivity contribution is 6.26. The summed E-state index contributed by atoms with van der Waals surface area (Å²) in [6, 6.07) is 85.2. The van der Waals surface area contributed by atoms with Crippen molar-refractivity contribution in [2.45, 2.75) is 67.6 Å². The van der Waals surface area contributed by atoms with E-state index in [0.717, 1.165) is 35.9 Å². The fourth-order valence-electron chi connectivity index (χ4n) is 17.5. The SMILES string of the molecule is c1ccc(C2(c3ccccc3)CCC(c3ccccc3)(c3ccccc3)c3c2ncc2c3c3cc(-c4ccc5c(c4)-c4ccccc4-c4ccccc4-c4ccccc4-5)cc4c5c6c(ncc5n2c43)C2CC3CC(C2)CC6C3)cc1. The van der Waals surface area contributed by atoms with Crippen molar-refractivity contribution >= 4 is 38.1 Å². The summed E-state index contributed by atoms with van der Waals surface area (Å²) in [5.74, 6) is 2.61. The zero-order valence-corrected chi connectivity index (χ0v) is 44.6. The van der Waals surface area contributed by atoms with Crippen LogP contribution in [0.4, 0.5) is 0 Å². The summed E-state index contributed by atoms with van der Waals surface area (Å²) in [6.45, 7) is 0. The molecule has 0 radical (unpaired) electrons. The molecule has 9 aromatic carbocycles. The molecule has 0 amide bonds. The number of aromatic nitrogens is 3. The van der Waals surface area contributed by atoms with Gasteiger partial charge < -0.3 is 4.40 Å². The second-order valence-corrected chi connectivity index (χ2v) is 24.3. The van der Waals surface area contributed by atoms with Gasteiger partial charge in [-0.25, -0.2) is 0 Å². The Balaban J connectivity index is 1.01. The van der Waals surface area contributed by atoms with Crippen molar-refractivity contribution in [1.82, 2.24) is 14.4 Å². The molecule has 13 aromatic rings. The summed E-state index contributed by atoms with van der Waals surface area (Å²) in [6.07, 6.45) is 12.8. The molecule has 0 spiro atoms. The van der Waals surface area contributed by atoms with E-state index < -0.39 is 10.8 Å². The van der Waals surface area contributed by atoms with E-state index in [1.165, 1.54) is 154 Å². The molecule has 0 N–H and O–H groups in total. The van der Waals surface area contributed by atoms with Gasteiger partial charge in [-0.15, -0.1) is 0 Å². The van der Waals surface area contributed by atoms with Crippen molar-refractivity contribution in [3.8, 4) is 55.6 Å². The molecule has 4 bridgehead atoms. The summed E-state index contributed by atoms with van der Waals surface area (Å²) in [7, 11) is 0. The van der Waals surface area contributed by atoms with Crippen molar-refractivity contribution in [3.05, 3.63) is 282 Å². The molecule has 3 nitrogen and oxygen atoms in total. The first-order valence-corrected chi connectivity index (χ1v) is 29.3. The molecule has 2 atom stereocenters. The predicted octanol–water partition coefficient (Wildman–Crippen LogP) is 19.1. The highest BCUT2D eigenvalue weighted by Crippen LogP contribution is 2.62. The highest BCUT2D eigenvalue weighted by Gasteiger charge is 2.53. The lowest BCUT2D eigenvalue weighted by atomic mass is 9.53. The molecule has 80 heavy (non-hydrogen) atoms. The van der Waals surface area contributed by atoms with Crippen molar-refractivity contribution < 1.29 is 0 Å². The zero-order valence-electron chi connectivity index (χ0n) is 44.6. The van der Waals surface area contributed by atoms with E-state index in [0.29, 0.717) is 11.8 Å². The molecule has 19 rings (SSSR count). The lowest BCUT2D eigenvalue weighted by Gasteiger charge is -2.49. The molecule has 3 heteroatoms.